The predicted molar refractivity (Wildman–Crippen MR) is 78.9 cm³/mol. The van der Waals surface area contributed by atoms with Gasteiger partial charge in [-0.1, -0.05) is 5.16 Å². The number of carbonyl (C=O) groups is 1. The Morgan fingerprint density at radius 2 is 2.00 bits per heavy atom. The molecule has 0 unspecified atom stereocenters. The van der Waals surface area contributed by atoms with Crippen molar-refractivity contribution in [3.63, 3.8) is 0 Å². The maximum Gasteiger partial charge on any atom is 0.441 e. The van der Waals surface area contributed by atoms with Crippen molar-refractivity contribution >= 4 is 11.8 Å². The van der Waals surface area contributed by atoms with Crippen LogP contribution in [0, 0.1) is 5.82 Å². The van der Waals surface area contributed by atoms with Gasteiger partial charge in [-0.25, -0.2) is 14.0 Å². The summed E-state index contributed by atoms with van der Waals surface area (Å²) in [7, 11) is 1.49. The lowest BCUT2D eigenvalue weighted by Crippen LogP contribution is -2.48. The van der Waals surface area contributed by atoms with E-state index in [0.29, 0.717) is 37.4 Å². The van der Waals surface area contributed by atoms with E-state index in [9.17, 15) is 14.0 Å². The molecule has 1 amide bonds. The van der Waals surface area contributed by atoms with Crippen molar-refractivity contribution in [3.8, 4) is 11.4 Å². The number of amides is 1. The topological polar surface area (TPSA) is 91.8 Å². The number of anilines is 1. The smallest absolute Gasteiger partial charge is 0.441 e. The highest BCUT2D eigenvalue weighted by molar-refractivity contribution is 5.66. The molecule has 0 aliphatic carbocycles. The van der Waals surface area contributed by atoms with E-state index in [2.05, 4.69) is 9.68 Å². The molecule has 1 N–H and O–H groups in total. The normalized spacial score (nSPS) is 15.0. The number of aromatic nitrogens is 2. The Balaban J connectivity index is 1.82. The zero-order valence-electron chi connectivity index (χ0n) is 12.4. The van der Waals surface area contributed by atoms with E-state index in [1.54, 1.807) is 17.0 Å². The van der Waals surface area contributed by atoms with Crippen LogP contribution in [0.4, 0.5) is 14.9 Å². The standard InChI is InChI=1S/C14H15FN4O4/c1-17-12(16-23-14(17)22)9-2-3-11(10(15)8-9)18-4-6-19(7-5-18)13(20)21/h2-3,8H,4-7H2,1H3,(H,20,21). The SMILES string of the molecule is Cn1c(-c2ccc(N3CCN(C(=O)O)CC3)c(F)c2)noc1=O. The van der Waals surface area contributed by atoms with E-state index in [4.69, 9.17) is 5.11 Å². The van der Waals surface area contributed by atoms with Crippen LogP contribution in [-0.4, -0.2) is 52.0 Å². The van der Waals surface area contributed by atoms with Crippen molar-refractivity contribution in [1.82, 2.24) is 14.6 Å². The zero-order chi connectivity index (χ0) is 16.6. The number of hydrogen-bond donors (Lipinski definition) is 1. The minimum absolute atomic E-state index is 0.246. The van der Waals surface area contributed by atoms with Gasteiger partial charge in [0.05, 0.1) is 5.69 Å². The van der Waals surface area contributed by atoms with Crippen molar-refractivity contribution in [2.24, 2.45) is 7.05 Å². The molecule has 122 valence electrons. The molecule has 1 aromatic heterocycles. The molecule has 2 aromatic rings. The summed E-state index contributed by atoms with van der Waals surface area (Å²) in [6.45, 7) is 1.50. The van der Waals surface area contributed by atoms with Crippen LogP contribution in [0.3, 0.4) is 0 Å². The van der Waals surface area contributed by atoms with Gasteiger partial charge in [0, 0.05) is 38.8 Å². The van der Waals surface area contributed by atoms with E-state index in [0.717, 1.165) is 0 Å². The molecule has 0 bridgehead atoms. The van der Waals surface area contributed by atoms with Gasteiger partial charge < -0.3 is 14.9 Å². The molecule has 0 spiro atoms. The number of hydrogen-bond acceptors (Lipinski definition) is 5. The monoisotopic (exact) mass is 322 g/mol. The first-order chi connectivity index (χ1) is 11.0. The van der Waals surface area contributed by atoms with Crippen LogP contribution in [-0.2, 0) is 7.05 Å². The number of halogens is 1. The molecule has 0 atom stereocenters. The van der Waals surface area contributed by atoms with E-state index in [1.165, 1.54) is 22.6 Å². The Kier molecular flexibility index (Phi) is 3.77. The van der Waals surface area contributed by atoms with Crippen LogP contribution in [0.2, 0.25) is 0 Å². The number of rotatable bonds is 2. The Bertz CT molecular complexity index is 792. The predicted octanol–water partition coefficient (Wildman–Crippen LogP) is 0.979. The van der Waals surface area contributed by atoms with Gasteiger partial charge >= 0.3 is 11.8 Å². The Labute approximate surface area is 130 Å². The Morgan fingerprint density at radius 3 is 2.52 bits per heavy atom. The van der Waals surface area contributed by atoms with E-state index in [-0.39, 0.29) is 5.82 Å². The van der Waals surface area contributed by atoms with Gasteiger partial charge in [0.2, 0.25) is 0 Å². The molecule has 1 aromatic carbocycles. The third-order valence-electron chi connectivity index (χ3n) is 3.90. The largest absolute Gasteiger partial charge is 0.465 e. The molecule has 23 heavy (non-hydrogen) atoms. The molecule has 2 heterocycles. The van der Waals surface area contributed by atoms with Crippen LogP contribution >= 0.6 is 0 Å². The maximum absolute atomic E-state index is 14.4. The summed E-state index contributed by atoms with van der Waals surface area (Å²) in [5.74, 6) is -0.827. The first-order valence-corrected chi connectivity index (χ1v) is 7.03. The van der Waals surface area contributed by atoms with Gasteiger partial charge in [0.1, 0.15) is 5.82 Å². The number of nitrogens with zero attached hydrogens (tertiary/aromatic N) is 4. The molecule has 0 saturated carbocycles. The number of carboxylic acid groups (broad SMARTS) is 1. The van der Waals surface area contributed by atoms with Gasteiger partial charge in [0.25, 0.3) is 0 Å². The first kappa shape index (κ1) is 15.1. The van der Waals surface area contributed by atoms with Crippen molar-refractivity contribution < 1.29 is 18.8 Å². The van der Waals surface area contributed by atoms with Crippen molar-refractivity contribution in [3.05, 3.63) is 34.6 Å². The lowest BCUT2D eigenvalue weighted by Gasteiger charge is -2.34. The minimum Gasteiger partial charge on any atom is -0.465 e. The molecule has 1 aliphatic heterocycles. The van der Waals surface area contributed by atoms with E-state index < -0.39 is 17.7 Å². The highest BCUT2D eigenvalue weighted by atomic mass is 19.1. The fourth-order valence-electron chi connectivity index (χ4n) is 2.58. The summed E-state index contributed by atoms with van der Waals surface area (Å²) < 4.78 is 20.1. The van der Waals surface area contributed by atoms with Crippen LogP contribution in [0.25, 0.3) is 11.4 Å². The Hall–Kier alpha value is -2.84. The zero-order valence-corrected chi connectivity index (χ0v) is 12.4. The molecule has 0 radical (unpaired) electrons. The fraction of sp³-hybridized carbons (Fsp3) is 0.357. The minimum atomic E-state index is -0.965. The average molecular weight is 322 g/mol. The summed E-state index contributed by atoms with van der Waals surface area (Å²) in [5, 5.41) is 12.6. The highest BCUT2D eigenvalue weighted by Gasteiger charge is 2.22. The van der Waals surface area contributed by atoms with Crippen LogP contribution < -0.4 is 10.7 Å². The summed E-state index contributed by atoms with van der Waals surface area (Å²) in [5.41, 5.74) is 0.830. The summed E-state index contributed by atoms with van der Waals surface area (Å²) >= 11 is 0. The second-order valence-corrected chi connectivity index (χ2v) is 5.25. The first-order valence-electron chi connectivity index (χ1n) is 7.03. The molecular weight excluding hydrogens is 307 g/mol. The average Bonchev–Trinajstić information content (AvgIpc) is 2.87. The van der Waals surface area contributed by atoms with Crippen LogP contribution in [0.1, 0.15) is 0 Å². The highest BCUT2D eigenvalue weighted by Crippen LogP contribution is 2.25. The summed E-state index contributed by atoms with van der Waals surface area (Å²) in [6.07, 6.45) is -0.965. The van der Waals surface area contributed by atoms with Crippen molar-refractivity contribution in [2.75, 3.05) is 31.1 Å². The molecular formula is C14H15FN4O4. The maximum atomic E-state index is 14.4. The molecule has 3 rings (SSSR count). The molecule has 1 saturated heterocycles. The fourth-order valence-corrected chi connectivity index (χ4v) is 2.58. The third kappa shape index (κ3) is 2.77. The molecule has 8 nitrogen and oxygen atoms in total. The molecule has 9 heteroatoms. The van der Waals surface area contributed by atoms with Crippen molar-refractivity contribution in [1.29, 1.82) is 0 Å². The lowest BCUT2D eigenvalue weighted by molar-refractivity contribution is 0.142. The Morgan fingerprint density at radius 1 is 1.30 bits per heavy atom. The van der Waals surface area contributed by atoms with Gasteiger partial charge in [-0.3, -0.25) is 9.09 Å². The molecule has 1 fully saturated rings. The molecule has 1 aliphatic rings. The summed E-state index contributed by atoms with van der Waals surface area (Å²) in [6, 6.07) is 4.54. The third-order valence-corrected chi connectivity index (χ3v) is 3.90. The van der Waals surface area contributed by atoms with Crippen LogP contribution in [0.5, 0.6) is 0 Å². The second-order valence-electron chi connectivity index (χ2n) is 5.25. The van der Waals surface area contributed by atoms with Gasteiger partial charge in [-0.15, -0.1) is 0 Å². The number of piperazine rings is 1. The quantitative estimate of drug-likeness (QED) is 0.886. The second kappa shape index (κ2) is 5.75. The van der Waals surface area contributed by atoms with E-state index >= 15 is 0 Å². The van der Waals surface area contributed by atoms with E-state index in [1.807, 2.05) is 0 Å². The van der Waals surface area contributed by atoms with Crippen molar-refractivity contribution in [2.45, 2.75) is 0 Å². The van der Waals surface area contributed by atoms with Gasteiger partial charge in [-0.05, 0) is 18.2 Å². The number of benzene rings is 1. The summed E-state index contributed by atoms with van der Waals surface area (Å²) in [4.78, 5) is 25.3. The van der Waals surface area contributed by atoms with Crippen LogP contribution in [0.15, 0.2) is 27.5 Å². The lowest BCUT2D eigenvalue weighted by atomic mass is 10.1. The van der Waals surface area contributed by atoms with Gasteiger partial charge in [-0.2, -0.15) is 0 Å². The van der Waals surface area contributed by atoms with Gasteiger partial charge in [0.15, 0.2) is 5.82 Å².